The molecule has 3 rings (SSSR count). The van der Waals surface area contributed by atoms with Gasteiger partial charge in [-0.05, 0) is 49.7 Å². The summed E-state index contributed by atoms with van der Waals surface area (Å²) in [6, 6.07) is 11.6. The number of aromatic nitrogens is 1. The van der Waals surface area contributed by atoms with E-state index in [1.807, 2.05) is 30.3 Å². The van der Waals surface area contributed by atoms with Crippen LogP contribution < -0.4 is 0 Å². The number of halogens is 2. The van der Waals surface area contributed by atoms with Crippen molar-refractivity contribution in [3.63, 3.8) is 0 Å². The number of likely N-dealkylation sites (tertiary alicyclic amines) is 1. The largest absolute Gasteiger partial charge is 0.481 e. The van der Waals surface area contributed by atoms with Crippen molar-refractivity contribution in [2.45, 2.75) is 25.3 Å². The molecule has 1 fully saturated rings. The summed E-state index contributed by atoms with van der Waals surface area (Å²) in [5.41, 5.74) is 1.94. The Kier molecular flexibility index (Phi) is 5.94. The molecule has 0 aliphatic carbocycles. The molecule has 1 N–H and O–H groups in total. The highest BCUT2D eigenvalue weighted by atomic mass is 35.5. The molecule has 4 nitrogen and oxygen atoms in total. The Bertz CT molecular complexity index is 731. The second-order valence-electron chi connectivity index (χ2n) is 6.33. The first kappa shape index (κ1) is 18.2. The van der Waals surface area contributed by atoms with Gasteiger partial charge in [-0.3, -0.25) is 14.7 Å². The van der Waals surface area contributed by atoms with Crippen LogP contribution in [0.3, 0.4) is 0 Å². The van der Waals surface area contributed by atoms with Gasteiger partial charge in [0.25, 0.3) is 0 Å². The summed E-state index contributed by atoms with van der Waals surface area (Å²) in [7, 11) is 0. The van der Waals surface area contributed by atoms with Crippen molar-refractivity contribution in [1.82, 2.24) is 9.88 Å². The Labute approximate surface area is 157 Å². The quantitative estimate of drug-likeness (QED) is 0.833. The Balaban J connectivity index is 1.87. The van der Waals surface area contributed by atoms with E-state index in [0.29, 0.717) is 29.3 Å². The summed E-state index contributed by atoms with van der Waals surface area (Å²) in [6.45, 7) is 1.44. The molecule has 2 heterocycles. The summed E-state index contributed by atoms with van der Waals surface area (Å²) in [5.74, 6) is -0.969. The maximum atomic E-state index is 11.2. The van der Waals surface area contributed by atoms with Crippen molar-refractivity contribution < 1.29 is 9.90 Å². The minimum Gasteiger partial charge on any atom is -0.481 e. The number of carboxylic acid groups (broad SMARTS) is 1. The molecule has 1 aliphatic heterocycles. The number of benzene rings is 1. The Morgan fingerprint density at radius 1 is 1.20 bits per heavy atom. The van der Waals surface area contributed by atoms with E-state index in [-0.39, 0.29) is 12.0 Å². The Morgan fingerprint density at radius 3 is 2.60 bits per heavy atom. The summed E-state index contributed by atoms with van der Waals surface area (Å²) in [4.78, 5) is 18.0. The number of rotatable bonds is 5. The van der Waals surface area contributed by atoms with Crippen LogP contribution in [-0.4, -0.2) is 34.0 Å². The van der Waals surface area contributed by atoms with Gasteiger partial charge in [0.15, 0.2) is 0 Å². The molecule has 0 amide bonds. The van der Waals surface area contributed by atoms with Gasteiger partial charge in [0.2, 0.25) is 0 Å². The van der Waals surface area contributed by atoms with Crippen LogP contribution in [0, 0.1) is 5.92 Å². The van der Waals surface area contributed by atoms with Gasteiger partial charge in [0.1, 0.15) is 0 Å². The highest BCUT2D eigenvalue weighted by Gasteiger charge is 2.30. The molecule has 0 spiro atoms. The summed E-state index contributed by atoms with van der Waals surface area (Å²) in [5, 5.41) is 10.3. The van der Waals surface area contributed by atoms with Gasteiger partial charge in [0.05, 0.1) is 16.0 Å². The van der Waals surface area contributed by atoms with Crippen LogP contribution in [0.5, 0.6) is 0 Å². The van der Waals surface area contributed by atoms with Gasteiger partial charge < -0.3 is 5.11 Å². The maximum Gasteiger partial charge on any atom is 0.306 e. The van der Waals surface area contributed by atoms with E-state index >= 15 is 0 Å². The van der Waals surface area contributed by atoms with Crippen molar-refractivity contribution in [3.8, 4) is 0 Å². The second-order valence-corrected chi connectivity index (χ2v) is 7.12. The average Bonchev–Trinajstić information content (AvgIpc) is 2.63. The Morgan fingerprint density at radius 2 is 1.96 bits per heavy atom. The standard InChI is InChI=1S/C19H20Cl2N2O2/c20-16-6-3-5-15(18(16)21)17(12-14-4-1-2-9-22-14)23-10-7-13(8-11-23)19(24)25/h1-6,9,13,17H,7-8,10-12H2,(H,24,25). The third-order valence-electron chi connectivity index (χ3n) is 4.79. The van der Waals surface area contributed by atoms with Crippen molar-refractivity contribution in [2.24, 2.45) is 5.92 Å². The molecule has 1 aliphatic rings. The highest BCUT2D eigenvalue weighted by molar-refractivity contribution is 6.42. The van der Waals surface area contributed by atoms with E-state index < -0.39 is 5.97 Å². The van der Waals surface area contributed by atoms with Crippen molar-refractivity contribution in [1.29, 1.82) is 0 Å². The molecule has 6 heteroatoms. The first-order valence-electron chi connectivity index (χ1n) is 8.37. The number of hydrogen-bond acceptors (Lipinski definition) is 3. The number of piperidine rings is 1. The lowest BCUT2D eigenvalue weighted by Gasteiger charge is -2.37. The molecular weight excluding hydrogens is 359 g/mol. The SMILES string of the molecule is O=C(O)C1CCN(C(Cc2ccccn2)c2cccc(Cl)c2Cl)CC1. The minimum absolute atomic E-state index is 0.0239. The van der Waals surface area contributed by atoms with Gasteiger partial charge in [-0.15, -0.1) is 0 Å². The molecule has 0 saturated carbocycles. The van der Waals surface area contributed by atoms with E-state index in [0.717, 1.165) is 24.3 Å². The van der Waals surface area contributed by atoms with Crippen LogP contribution >= 0.6 is 23.2 Å². The van der Waals surface area contributed by atoms with Crippen molar-refractivity contribution in [3.05, 3.63) is 63.9 Å². The first-order chi connectivity index (χ1) is 12.1. The summed E-state index contributed by atoms with van der Waals surface area (Å²) >= 11 is 12.7. The highest BCUT2D eigenvalue weighted by Crippen LogP contribution is 2.36. The number of nitrogens with zero attached hydrogens (tertiary/aromatic N) is 2. The number of pyridine rings is 1. The molecule has 25 heavy (non-hydrogen) atoms. The third kappa shape index (κ3) is 4.32. The third-order valence-corrected chi connectivity index (χ3v) is 5.62. The first-order valence-corrected chi connectivity index (χ1v) is 9.12. The molecular formula is C19H20Cl2N2O2. The normalized spacial score (nSPS) is 17.4. The van der Waals surface area contributed by atoms with Gasteiger partial charge in [-0.25, -0.2) is 0 Å². The predicted molar refractivity (Wildman–Crippen MR) is 99.1 cm³/mol. The van der Waals surface area contributed by atoms with Crippen molar-refractivity contribution >= 4 is 29.2 Å². The molecule has 1 aromatic heterocycles. The molecule has 1 unspecified atom stereocenters. The lowest BCUT2D eigenvalue weighted by atomic mass is 9.92. The fourth-order valence-electron chi connectivity index (χ4n) is 3.39. The molecule has 2 aromatic rings. The van der Waals surface area contributed by atoms with E-state index in [9.17, 15) is 9.90 Å². The molecule has 0 bridgehead atoms. The fraction of sp³-hybridized carbons (Fsp3) is 0.368. The number of hydrogen-bond donors (Lipinski definition) is 1. The molecule has 0 radical (unpaired) electrons. The zero-order valence-electron chi connectivity index (χ0n) is 13.7. The zero-order chi connectivity index (χ0) is 17.8. The fourth-order valence-corrected chi connectivity index (χ4v) is 3.82. The molecule has 1 aromatic carbocycles. The van der Waals surface area contributed by atoms with Gasteiger partial charge in [0, 0.05) is 24.4 Å². The van der Waals surface area contributed by atoms with Crippen LogP contribution in [0.15, 0.2) is 42.6 Å². The number of carbonyl (C=O) groups is 1. The van der Waals surface area contributed by atoms with E-state index in [1.54, 1.807) is 12.3 Å². The number of carboxylic acids is 1. The van der Waals surface area contributed by atoms with Gasteiger partial charge in [-0.2, -0.15) is 0 Å². The van der Waals surface area contributed by atoms with E-state index in [4.69, 9.17) is 23.2 Å². The van der Waals surface area contributed by atoms with Crippen LogP contribution in [0.4, 0.5) is 0 Å². The lowest BCUT2D eigenvalue weighted by molar-refractivity contribution is -0.143. The smallest absolute Gasteiger partial charge is 0.306 e. The van der Waals surface area contributed by atoms with Crippen LogP contribution in [-0.2, 0) is 11.2 Å². The van der Waals surface area contributed by atoms with Crippen LogP contribution in [0.2, 0.25) is 10.0 Å². The second kappa shape index (κ2) is 8.17. The Hall–Kier alpha value is -1.62. The average molecular weight is 379 g/mol. The maximum absolute atomic E-state index is 11.2. The molecule has 1 saturated heterocycles. The van der Waals surface area contributed by atoms with Crippen LogP contribution in [0.25, 0.3) is 0 Å². The summed E-state index contributed by atoms with van der Waals surface area (Å²) < 4.78 is 0. The summed E-state index contributed by atoms with van der Waals surface area (Å²) in [6.07, 6.45) is 3.78. The molecule has 132 valence electrons. The van der Waals surface area contributed by atoms with Gasteiger partial charge in [-0.1, -0.05) is 41.4 Å². The topological polar surface area (TPSA) is 53.4 Å². The monoisotopic (exact) mass is 378 g/mol. The zero-order valence-corrected chi connectivity index (χ0v) is 15.2. The lowest BCUT2D eigenvalue weighted by Crippen LogP contribution is -2.39. The van der Waals surface area contributed by atoms with E-state index in [2.05, 4.69) is 9.88 Å². The van der Waals surface area contributed by atoms with Gasteiger partial charge >= 0.3 is 5.97 Å². The van der Waals surface area contributed by atoms with Crippen LogP contribution in [0.1, 0.15) is 30.1 Å². The van der Waals surface area contributed by atoms with Crippen molar-refractivity contribution in [2.75, 3.05) is 13.1 Å². The predicted octanol–water partition coefficient (Wildman–Crippen LogP) is 4.47. The minimum atomic E-state index is -0.707. The molecule has 1 atom stereocenters. The number of aliphatic carboxylic acids is 1. The van der Waals surface area contributed by atoms with E-state index in [1.165, 1.54) is 0 Å².